The summed E-state index contributed by atoms with van der Waals surface area (Å²) in [6.45, 7) is 8.77. The SMILES string of the molecule is Cc1cc(C(=O)Nc2ccccc2C(=O)NC(C)(C)C)c(C)n1-c1ccccc1C(F)(F)F. The number of para-hydroxylation sites is 2. The number of carbonyl (C=O) groups excluding carboxylic acids is 2. The number of halogens is 3. The van der Waals surface area contributed by atoms with E-state index in [-0.39, 0.29) is 22.7 Å². The van der Waals surface area contributed by atoms with Crippen molar-refractivity contribution in [3.05, 3.63) is 82.7 Å². The van der Waals surface area contributed by atoms with Crippen molar-refractivity contribution in [2.75, 3.05) is 5.32 Å². The average Bonchev–Trinajstić information content (AvgIpc) is 3.00. The van der Waals surface area contributed by atoms with Crippen molar-refractivity contribution in [2.24, 2.45) is 0 Å². The van der Waals surface area contributed by atoms with Gasteiger partial charge < -0.3 is 15.2 Å². The Labute approximate surface area is 190 Å². The van der Waals surface area contributed by atoms with Crippen LogP contribution in [0.2, 0.25) is 0 Å². The Morgan fingerprint density at radius 1 is 0.848 bits per heavy atom. The third kappa shape index (κ3) is 5.27. The van der Waals surface area contributed by atoms with E-state index >= 15 is 0 Å². The van der Waals surface area contributed by atoms with Crippen molar-refractivity contribution in [3.8, 4) is 5.69 Å². The Bertz CT molecular complexity index is 1200. The molecule has 0 saturated heterocycles. The van der Waals surface area contributed by atoms with Crippen molar-refractivity contribution in [1.82, 2.24) is 9.88 Å². The van der Waals surface area contributed by atoms with Gasteiger partial charge in [-0.25, -0.2) is 0 Å². The summed E-state index contributed by atoms with van der Waals surface area (Å²) < 4.78 is 42.1. The van der Waals surface area contributed by atoms with Crippen molar-refractivity contribution in [1.29, 1.82) is 0 Å². The van der Waals surface area contributed by atoms with Gasteiger partial charge in [-0.15, -0.1) is 0 Å². The van der Waals surface area contributed by atoms with Crippen LogP contribution in [0, 0.1) is 13.8 Å². The second-order valence-corrected chi connectivity index (χ2v) is 8.84. The highest BCUT2D eigenvalue weighted by Crippen LogP contribution is 2.35. The quantitative estimate of drug-likeness (QED) is 0.513. The largest absolute Gasteiger partial charge is 0.418 e. The third-order valence-corrected chi connectivity index (χ3v) is 5.03. The lowest BCUT2D eigenvalue weighted by Gasteiger charge is -2.21. The van der Waals surface area contributed by atoms with Crippen molar-refractivity contribution in [2.45, 2.75) is 46.3 Å². The van der Waals surface area contributed by atoms with E-state index in [1.807, 2.05) is 20.8 Å². The molecule has 0 radical (unpaired) electrons. The number of anilines is 1. The van der Waals surface area contributed by atoms with Crippen LogP contribution in [0.5, 0.6) is 0 Å². The molecule has 1 aromatic heterocycles. The normalized spacial score (nSPS) is 11.9. The molecule has 3 aromatic rings. The number of benzene rings is 2. The van der Waals surface area contributed by atoms with E-state index in [1.54, 1.807) is 38.1 Å². The summed E-state index contributed by atoms with van der Waals surface area (Å²) in [4.78, 5) is 25.8. The summed E-state index contributed by atoms with van der Waals surface area (Å²) >= 11 is 0. The molecular weight excluding hydrogens is 431 g/mol. The number of hydrogen-bond donors (Lipinski definition) is 2. The van der Waals surface area contributed by atoms with Gasteiger partial charge in [-0.2, -0.15) is 13.2 Å². The highest BCUT2D eigenvalue weighted by Gasteiger charge is 2.34. The zero-order valence-corrected chi connectivity index (χ0v) is 19.1. The van der Waals surface area contributed by atoms with E-state index in [4.69, 9.17) is 0 Å². The number of amides is 2. The van der Waals surface area contributed by atoms with Gasteiger partial charge in [-0.05, 0) is 65.0 Å². The van der Waals surface area contributed by atoms with Crippen LogP contribution >= 0.6 is 0 Å². The van der Waals surface area contributed by atoms with Gasteiger partial charge in [-0.3, -0.25) is 9.59 Å². The molecule has 5 nitrogen and oxygen atoms in total. The van der Waals surface area contributed by atoms with Crippen LogP contribution in [0.4, 0.5) is 18.9 Å². The minimum Gasteiger partial charge on any atom is -0.347 e. The lowest BCUT2D eigenvalue weighted by molar-refractivity contribution is -0.137. The summed E-state index contributed by atoms with van der Waals surface area (Å²) in [5.74, 6) is -0.863. The summed E-state index contributed by atoms with van der Waals surface area (Å²) in [5, 5.41) is 5.59. The van der Waals surface area contributed by atoms with Crippen molar-refractivity contribution < 1.29 is 22.8 Å². The van der Waals surface area contributed by atoms with Gasteiger partial charge in [0.05, 0.1) is 28.1 Å². The molecule has 0 aliphatic carbocycles. The van der Waals surface area contributed by atoms with E-state index in [0.717, 1.165) is 6.07 Å². The summed E-state index contributed by atoms with van der Waals surface area (Å²) in [6, 6.07) is 13.3. The standard InChI is InChI=1S/C25H26F3N3O2/c1-15-14-18(16(2)31(15)21-13-9-7-11-19(21)25(26,27)28)22(32)29-20-12-8-6-10-17(20)23(33)30-24(3,4)5/h6-14H,1-5H3,(H,29,32)(H,30,33). The van der Waals surface area contributed by atoms with E-state index < -0.39 is 23.2 Å². The predicted octanol–water partition coefficient (Wildman–Crippen LogP) is 5.89. The van der Waals surface area contributed by atoms with Crippen LogP contribution in [0.15, 0.2) is 54.6 Å². The minimum absolute atomic E-state index is 0.0518. The molecule has 0 aliphatic rings. The first-order valence-corrected chi connectivity index (χ1v) is 10.4. The lowest BCUT2D eigenvalue weighted by atomic mass is 10.1. The average molecular weight is 457 g/mol. The Morgan fingerprint density at radius 3 is 2.09 bits per heavy atom. The molecule has 174 valence electrons. The maximum atomic E-state index is 13.6. The van der Waals surface area contributed by atoms with Crippen LogP contribution < -0.4 is 10.6 Å². The molecule has 0 spiro atoms. The number of nitrogens with zero attached hydrogens (tertiary/aromatic N) is 1. The van der Waals surface area contributed by atoms with Gasteiger partial charge in [0.2, 0.25) is 0 Å². The molecule has 1 heterocycles. The second-order valence-electron chi connectivity index (χ2n) is 8.84. The van der Waals surface area contributed by atoms with Gasteiger partial charge in [-0.1, -0.05) is 24.3 Å². The van der Waals surface area contributed by atoms with E-state index in [1.165, 1.54) is 28.8 Å². The molecule has 0 aliphatic heterocycles. The van der Waals surface area contributed by atoms with Crippen LogP contribution in [-0.2, 0) is 6.18 Å². The molecule has 0 saturated carbocycles. The van der Waals surface area contributed by atoms with E-state index in [9.17, 15) is 22.8 Å². The molecule has 0 atom stereocenters. The smallest absolute Gasteiger partial charge is 0.347 e. The highest BCUT2D eigenvalue weighted by molar-refractivity contribution is 6.09. The van der Waals surface area contributed by atoms with Gasteiger partial charge in [0.25, 0.3) is 11.8 Å². The molecule has 0 bridgehead atoms. The number of alkyl halides is 3. The van der Waals surface area contributed by atoms with Crippen molar-refractivity contribution in [3.63, 3.8) is 0 Å². The van der Waals surface area contributed by atoms with Crippen LogP contribution in [0.3, 0.4) is 0 Å². The van der Waals surface area contributed by atoms with Gasteiger partial charge in [0.15, 0.2) is 0 Å². The number of carbonyl (C=O) groups is 2. The van der Waals surface area contributed by atoms with E-state index in [0.29, 0.717) is 17.1 Å². The fourth-order valence-electron chi connectivity index (χ4n) is 3.66. The fourth-order valence-corrected chi connectivity index (χ4v) is 3.66. The minimum atomic E-state index is -4.54. The fraction of sp³-hybridized carbons (Fsp3) is 0.280. The maximum Gasteiger partial charge on any atom is 0.418 e. The summed E-state index contributed by atoms with van der Waals surface area (Å²) in [6.07, 6.45) is -4.54. The zero-order valence-electron chi connectivity index (χ0n) is 19.1. The number of aryl methyl sites for hydroxylation is 1. The first-order chi connectivity index (χ1) is 15.3. The third-order valence-electron chi connectivity index (χ3n) is 5.03. The Kier molecular flexibility index (Phi) is 6.40. The van der Waals surface area contributed by atoms with Gasteiger partial charge in [0.1, 0.15) is 0 Å². The monoisotopic (exact) mass is 457 g/mol. The first kappa shape index (κ1) is 24.1. The summed E-state index contributed by atoms with van der Waals surface area (Å²) in [5.41, 5.74) is 0.348. The number of rotatable bonds is 4. The molecule has 8 heteroatoms. The van der Waals surface area contributed by atoms with E-state index in [2.05, 4.69) is 10.6 Å². The van der Waals surface area contributed by atoms with Crippen LogP contribution in [0.25, 0.3) is 5.69 Å². The maximum absolute atomic E-state index is 13.6. The van der Waals surface area contributed by atoms with Crippen LogP contribution in [-0.4, -0.2) is 21.9 Å². The number of nitrogens with one attached hydrogen (secondary N) is 2. The Hall–Kier alpha value is -3.55. The molecule has 2 aromatic carbocycles. The molecule has 2 amide bonds. The Balaban J connectivity index is 1.98. The second kappa shape index (κ2) is 8.77. The molecule has 0 unspecified atom stereocenters. The number of hydrogen-bond acceptors (Lipinski definition) is 2. The highest BCUT2D eigenvalue weighted by atomic mass is 19.4. The molecular formula is C25H26F3N3O2. The topological polar surface area (TPSA) is 63.1 Å². The van der Waals surface area contributed by atoms with Crippen LogP contribution in [0.1, 0.15) is 58.4 Å². The van der Waals surface area contributed by atoms with Crippen molar-refractivity contribution >= 4 is 17.5 Å². The molecule has 2 N–H and O–H groups in total. The zero-order chi connectivity index (χ0) is 24.6. The predicted molar refractivity (Wildman–Crippen MR) is 122 cm³/mol. The van der Waals surface area contributed by atoms with Gasteiger partial charge >= 0.3 is 6.18 Å². The number of aromatic nitrogens is 1. The lowest BCUT2D eigenvalue weighted by Crippen LogP contribution is -2.40. The Morgan fingerprint density at radius 2 is 1.45 bits per heavy atom. The first-order valence-electron chi connectivity index (χ1n) is 10.4. The molecule has 0 fully saturated rings. The van der Waals surface area contributed by atoms with Gasteiger partial charge in [0, 0.05) is 16.9 Å². The summed E-state index contributed by atoms with van der Waals surface area (Å²) in [7, 11) is 0. The molecule has 33 heavy (non-hydrogen) atoms. The molecule has 3 rings (SSSR count).